The van der Waals surface area contributed by atoms with E-state index in [2.05, 4.69) is 25.3 Å². The van der Waals surface area contributed by atoms with E-state index in [-0.39, 0.29) is 12.5 Å². The van der Waals surface area contributed by atoms with Crippen LogP contribution in [0.3, 0.4) is 0 Å². The van der Waals surface area contributed by atoms with Gasteiger partial charge in [-0.3, -0.25) is 9.78 Å². The van der Waals surface area contributed by atoms with Crippen molar-refractivity contribution in [1.82, 2.24) is 15.3 Å². The second kappa shape index (κ2) is 6.82. The Hall–Kier alpha value is -3.35. The molecule has 0 saturated carbocycles. The number of hydrogen-bond acceptors (Lipinski definition) is 4. The zero-order chi connectivity index (χ0) is 16.9. The number of fused-ring (bicyclic) bond motifs is 1. The van der Waals surface area contributed by atoms with Gasteiger partial charge in [0.25, 0.3) is 5.91 Å². The molecule has 3 aromatic rings. The lowest BCUT2D eigenvalue weighted by Gasteiger charge is -2.08. The molecule has 0 saturated heterocycles. The number of carbonyl (C=O) groups excluding carboxylic acids is 2. The van der Waals surface area contributed by atoms with Crippen LogP contribution in [0, 0.1) is 0 Å². The van der Waals surface area contributed by atoms with Crippen molar-refractivity contribution in [3.8, 4) is 0 Å². The molecule has 122 valence electrons. The zero-order valence-corrected chi connectivity index (χ0v) is 13.0. The molecule has 0 bridgehead atoms. The van der Waals surface area contributed by atoms with Gasteiger partial charge in [0.2, 0.25) is 0 Å². The Morgan fingerprint density at radius 3 is 2.96 bits per heavy atom. The van der Waals surface area contributed by atoms with Crippen LogP contribution in [0.1, 0.15) is 16.1 Å². The Morgan fingerprint density at radius 2 is 2.12 bits per heavy atom. The lowest BCUT2D eigenvalue weighted by molar-refractivity contribution is 0.102. The van der Waals surface area contributed by atoms with Crippen LogP contribution in [0.4, 0.5) is 10.5 Å². The predicted molar refractivity (Wildman–Crippen MR) is 89.7 cm³/mol. The standard InChI is InChI=1S/C17H16N4O3/c1-24-17(23)20-10-12-9-11(5-7-18-12)16(22)21-15-4-2-3-14-13(15)6-8-19-14/h2-9,19H,10H2,1H3,(H,20,23)(H,21,22). The predicted octanol–water partition coefficient (Wildman–Crippen LogP) is 2.67. The highest BCUT2D eigenvalue weighted by molar-refractivity contribution is 6.08. The van der Waals surface area contributed by atoms with Crippen molar-refractivity contribution in [2.45, 2.75) is 6.54 Å². The summed E-state index contributed by atoms with van der Waals surface area (Å²) in [4.78, 5) is 30.8. The van der Waals surface area contributed by atoms with Crippen molar-refractivity contribution in [3.63, 3.8) is 0 Å². The highest BCUT2D eigenvalue weighted by atomic mass is 16.5. The normalized spacial score (nSPS) is 10.4. The summed E-state index contributed by atoms with van der Waals surface area (Å²) in [6, 6.07) is 10.8. The van der Waals surface area contributed by atoms with E-state index < -0.39 is 6.09 Å². The molecule has 24 heavy (non-hydrogen) atoms. The number of benzene rings is 1. The van der Waals surface area contributed by atoms with Crippen LogP contribution in [-0.2, 0) is 11.3 Å². The second-order valence-corrected chi connectivity index (χ2v) is 5.08. The topological polar surface area (TPSA) is 96.1 Å². The maximum absolute atomic E-state index is 12.5. The maximum atomic E-state index is 12.5. The van der Waals surface area contributed by atoms with E-state index in [0.717, 1.165) is 16.6 Å². The van der Waals surface area contributed by atoms with E-state index in [0.29, 0.717) is 11.3 Å². The quantitative estimate of drug-likeness (QED) is 0.687. The minimum Gasteiger partial charge on any atom is -0.453 e. The molecular weight excluding hydrogens is 308 g/mol. The fourth-order valence-electron chi connectivity index (χ4n) is 2.34. The summed E-state index contributed by atoms with van der Waals surface area (Å²) < 4.78 is 4.50. The van der Waals surface area contributed by atoms with Crippen molar-refractivity contribution in [2.24, 2.45) is 0 Å². The first-order valence-electron chi connectivity index (χ1n) is 7.31. The summed E-state index contributed by atoms with van der Waals surface area (Å²) in [5.41, 5.74) is 2.70. The van der Waals surface area contributed by atoms with Gasteiger partial charge >= 0.3 is 6.09 Å². The van der Waals surface area contributed by atoms with Gasteiger partial charge in [0.1, 0.15) is 0 Å². The van der Waals surface area contributed by atoms with Crippen molar-refractivity contribution in [1.29, 1.82) is 0 Å². The number of anilines is 1. The molecule has 2 aromatic heterocycles. The first-order valence-corrected chi connectivity index (χ1v) is 7.31. The fourth-order valence-corrected chi connectivity index (χ4v) is 2.34. The number of methoxy groups -OCH3 is 1. The smallest absolute Gasteiger partial charge is 0.407 e. The molecule has 7 nitrogen and oxygen atoms in total. The number of hydrogen-bond donors (Lipinski definition) is 3. The molecule has 2 amide bonds. The minimum absolute atomic E-state index is 0.182. The molecule has 0 atom stereocenters. The van der Waals surface area contributed by atoms with E-state index >= 15 is 0 Å². The highest BCUT2D eigenvalue weighted by Gasteiger charge is 2.10. The lowest BCUT2D eigenvalue weighted by atomic mass is 10.2. The summed E-state index contributed by atoms with van der Waals surface area (Å²) in [7, 11) is 1.29. The van der Waals surface area contributed by atoms with Crippen LogP contribution in [0.15, 0.2) is 48.8 Å². The van der Waals surface area contributed by atoms with Crippen molar-refractivity contribution >= 4 is 28.6 Å². The van der Waals surface area contributed by atoms with Crippen LogP contribution < -0.4 is 10.6 Å². The largest absolute Gasteiger partial charge is 0.453 e. The highest BCUT2D eigenvalue weighted by Crippen LogP contribution is 2.22. The number of carbonyl (C=O) groups is 2. The first kappa shape index (κ1) is 15.5. The maximum Gasteiger partial charge on any atom is 0.407 e. The molecule has 0 aliphatic heterocycles. The van der Waals surface area contributed by atoms with E-state index in [1.807, 2.05) is 30.5 Å². The van der Waals surface area contributed by atoms with Crippen LogP contribution >= 0.6 is 0 Å². The van der Waals surface area contributed by atoms with Gasteiger partial charge < -0.3 is 20.4 Å². The zero-order valence-electron chi connectivity index (χ0n) is 13.0. The number of pyridine rings is 1. The second-order valence-electron chi connectivity index (χ2n) is 5.08. The molecule has 3 N–H and O–H groups in total. The van der Waals surface area contributed by atoms with Gasteiger partial charge in [-0.2, -0.15) is 0 Å². The average Bonchev–Trinajstić information content (AvgIpc) is 3.09. The Morgan fingerprint density at radius 1 is 1.25 bits per heavy atom. The van der Waals surface area contributed by atoms with Gasteiger partial charge in [-0.25, -0.2) is 4.79 Å². The van der Waals surface area contributed by atoms with Crippen molar-refractivity contribution in [3.05, 3.63) is 60.0 Å². The summed E-state index contributed by atoms with van der Waals surface area (Å²) in [5, 5.41) is 6.35. The third-order valence-corrected chi connectivity index (χ3v) is 3.52. The average molecular weight is 324 g/mol. The number of alkyl carbamates (subject to hydrolysis) is 1. The Kier molecular flexibility index (Phi) is 4.42. The van der Waals surface area contributed by atoms with E-state index in [9.17, 15) is 9.59 Å². The SMILES string of the molecule is COC(=O)NCc1cc(C(=O)Nc2cccc3[nH]ccc23)ccn1. The number of rotatable bonds is 4. The van der Waals surface area contributed by atoms with Gasteiger partial charge in [0, 0.05) is 28.9 Å². The monoisotopic (exact) mass is 324 g/mol. The van der Waals surface area contributed by atoms with Crippen LogP contribution in [0.25, 0.3) is 10.9 Å². The summed E-state index contributed by atoms with van der Waals surface area (Å²) in [6.07, 6.45) is 2.80. The lowest BCUT2D eigenvalue weighted by Crippen LogP contribution is -2.23. The third-order valence-electron chi connectivity index (χ3n) is 3.52. The Balaban J connectivity index is 1.75. The number of amides is 2. The van der Waals surface area contributed by atoms with Gasteiger partial charge in [0.15, 0.2) is 0 Å². The number of aromatic nitrogens is 2. The molecule has 1 aromatic carbocycles. The number of aromatic amines is 1. The van der Waals surface area contributed by atoms with E-state index in [1.54, 1.807) is 12.1 Å². The van der Waals surface area contributed by atoms with Crippen molar-refractivity contribution < 1.29 is 14.3 Å². The van der Waals surface area contributed by atoms with Crippen LogP contribution in [0.5, 0.6) is 0 Å². The molecule has 0 unspecified atom stereocenters. The molecular formula is C17H16N4O3. The van der Waals surface area contributed by atoms with Crippen LogP contribution in [0.2, 0.25) is 0 Å². The molecule has 2 heterocycles. The number of nitrogens with zero attached hydrogens (tertiary/aromatic N) is 1. The summed E-state index contributed by atoms with van der Waals surface area (Å²) in [6.45, 7) is 0.182. The summed E-state index contributed by atoms with van der Waals surface area (Å²) >= 11 is 0. The first-order chi connectivity index (χ1) is 11.7. The fraction of sp³-hybridized carbons (Fsp3) is 0.118. The van der Waals surface area contributed by atoms with Gasteiger partial charge in [-0.15, -0.1) is 0 Å². The third kappa shape index (κ3) is 3.35. The number of nitrogens with one attached hydrogen (secondary N) is 3. The minimum atomic E-state index is -0.550. The van der Waals surface area contributed by atoms with E-state index in [1.165, 1.54) is 13.3 Å². The van der Waals surface area contributed by atoms with Gasteiger partial charge in [-0.05, 0) is 30.3 Å². The van der Waals surface area contributed by atoms with Crippen LogP contribution in [-0.4, -0.2) is 29.1 Å². The van der Waals surface area contributed by atoms with E-state index in [4.69, 9.17) is 0 Å². The molecule has 0 radical (unpaired) electrons. The molecule has 0 fully saturated rings. The summed E-state index contributed by atoms with van der Waals surface area (Å²) in [5.74, 6) is -0.245. The molecule has 3 rings (SSSR count). The molecule has 0 aliphatic carbocycles. The van der Waals surface area contributed by atoms with Gasteiger partial charge in [-0.1, -0.05) is 6.07 Å². The molecule has 0 aliphatic rings. The van der Waals surface area contributed by atoms with Crippen molar-refractivity contribution in [2.75, 3.05) is 12.4 Å². The van der Waals surface area contributed by atoms with Gasteiger partial charge in [0.05, 0.1) is 25.0 Å². The number of H-pyrrole nitrogens is 1. The molecule has 0 spiro atoms. The number of ether oxygens (including phenoxy) is 1. The Bertz CT molecular complexity index is 888. The molecule has 7 heteroatoms. The Labute approximate surface area is 138 Å².